The van der Waals surface area contributed by atoms with Crippen LogP contribution in [-0.4, -0.2) is 38.6 Å². The molecule has 1 aliphatic rings. The summed E-state index contributed by atoms with van der Waals surface area (Å²) >= 11 is 0. The van der Waals surface area contributed by atoms with Crippen molar-refractivity contribution < 1.29 is 9.53 Å². The summed E-state index contributed by atoms with van der Waals surface area (Å²) in [4.78, 5) is 18.0. The van der Waals surface area contributed by atoms with Crippen LogP contribution in [0.15, 0.2) is 53.5 Å². The van der Waals surface area contributed by atoms with Crippen LogP contribution in [0.1, 0.15) is 30.4 Å². The maximum atomic E-state index is 11.8. The van der Waals surface area contributed by atoms with E-state index in [-0.39, 0.29) is 29.9 Å². The molecule has 7 heteroatoms. The zero-order valence-electron chi connectivity index (χ0n) is 17.7. The van der Waals surface area contributed by atoms with Gasteiger partial charge in [0.2, 0.25) is 5.91 Å². The molecule has 2 N–H and O–H groups in total. The molecule has 1 heterocycles. The molecule has 30 heavy (non-hydrogen) atoms. The van der Waals surface area contributed by atoms with E-state index in [9.17, 15) is 4.79 Å². The number of guanidine groups is 1. The van der Waals surface area contributed by atoms with Gasteiger partial charge in [0.1, 0.15) is 5.75 Å². The molecule has 2 aromatic rings. The number of aliphatic imine (C=N–C) groups is 1. The third-order valence-electron chi connectivity index (χ3n) is 4.97. The van der Waals surface area contributed by atoms with E-state index in [2.05, 4.69) is 40.7 Å². The molecule has 0 unspecified atom stereocenters. The van der Waals surface area contributed by atoms with Gasteiger partial charge >= 0.3 is 0 Å². The molecule has 1 amide bonds. The topological polar surface area (TPSA) is 66.0 Å². The molecule has 0 bridgehead atoms. The monoisotopic (exact) mass is 522 g/mol. The van der Waals surface area contributed by atoms with Crippen molar-refractivity contribution in [2.75, 3.05) is 31.6 Å². The first-order valence-corrected chi connectivity index (χ1v) is 10.2. The standard InChI is InChI=1S/C23H30N4O2.HI/c1-18-7-3-4-8-21(18)29-16-6-14-25-23(24-2)26-17-19-10-12-20(13-11-19)27-15-5-9-22(27)28;/h3-4,7-8,10-13H,5-6,9,14-17H2,1-2H3,(H2,24,25,26);1H. The fourth-order valence-electron chi connectivity index (χ4n) is 3.30. The minimum absolute atomic E-state index is 0. The van der Waals surface area contributed by atoms with Gasteiger partial charge in [-0.1, -0.05) is 30.3 Å². The summed E-state index contributed by atoms with van der Waals surface area (Å²) in [5, 5.41) is 6.63. The van der Waals surface area contributed by atoms with Crippen LogP contribution < -0.4 is 20.3 Å². The first kappa shape index (κ1) is 24.0. The van der Waals surface area contributed by atoms with E-state index >= 15 is 0 Å². The molecule has 162 valence electrons. The lowest BCUT2D eigenvalue weighted by Crippen LogP contribution is -2.37. The van der Waals surface area contributed by atoms with E-state index in [4.69, 9.17) is 4.74 Å². The predicted octanol–water partition coefficient (Wildman–Crippen LogP) is 3.87. The van der Waals surface area contributed by atoms with E-state index in [1.807, 2.05) is 35.2 Å². The molecule has 1 fully saturated rings. The molecule has 0 radical (unpaired) electrons. The summed E-state index contributed by atoms with van der Waals surface area (Å²) in [6, 6.07) is 16.2. The Kier molecular flexibility index (Phi) is 9.93. The van der Waals surface area contributed by atoms with E-state index in [0.29, 0.717) is 19.6 Å². The Morgan fingerprint density at radius 2 is 1.90 bits per heavy atom. The third kappa shape index (κ3) is 6.90. The maximum absolute atomic E-state index is 11.8. The van der Waals surface area contributed by atoms with Crippen molar-refractivity contribution in [3.05, 3.63) is 59.7 Å². The normalized spacial score (nSPS) is 13.7. The lowest BCUT2D eigenvalue weighted by Gasteiger charge is -2.16. The van der Waals surface area contributed by atoms with Gasteiger partial charge in [0.15, 0.2) is 5.96 Å². The third-order valence-corrected chi connectivity index (χ3v) is 4.97. The average Bonchev–Trinajstić information content (AvgIpc) is 3.17. The Hall–Kier alpha value is -2.29. The van der Waals surface area contributed by atoms with Crippen molar-refractivity contribution in [1.29, 1.82) is 0 Å². The molecule has 2 aromatic carbocycles. The Morgan fingerprint density at radius 1 is 1.13 bits per heavy atom. The molecule has 6 nitrogen and oxygen atoms in total. The molecule has 0 aromatic heterocycles. The highest BCUT2D eigenvalue weighted by atomic mass is 127. The number of nitrogens with zero attached hydrogens (tertiary/aromatic N) is 2. The second-order valence-corrected chi connectivity index (χ2v) is 7.14. The number of carbonyl (C=O) groups is 1. The van der Waals surface area contributed by atoms with E-state index in [1.54, 1.807) is 7.05 Å². The quantitative estimate of drug-likeness (QED) is 0.239. The predicted molar refractivity (Wildman–Crippen MR) is 133 cm³/mol. The number of halogens is 1. The summed E-state index contributed by atoms with van der Waals surface area (Å²) in [7, 11) is 1.77. The maximum Gasteiger partial charge on any atom is 0.227 e. The average molecular weight is 522 g/mol. The summed E-state index contributed by atoms with van der Waals surface area (Å²) in [5.74, 6) is 1.92. The molecule has 0 aliphatic carbocycles. The minimum atomic E-state index is 0. The van der Waals surface area contributed by atoms with E-state index < -0.39 is 0 Å². The van der Waals surface area contributed by atoms with Gasteiger partial charge in [0, 0.05) is 38.8 Å². The SMILES string of the molecule is CN=C(NCCCOc1ccccc1C)NCc1ccc(N2CCCC2=O)cc1.I. The molecular weight excluding hydrogens is 491 g/mol. The van der Waals surface area contributed by atoms with Crippen molar-refractivity contribution in [3.8, 4) is 5.75 Å². The largest absolute Gasteiger partial charge is 0.493 e. The highest BCUT2D eigenvalue weighted by Gasteiger charge is 2.21. The number of rotatable bonds is 8. The summed E-state index contributed by atoms with van der Waals surface area (Å²) in [6.07, 6.45) is 2.48. The van der Waals surface area contributed by atoms with Gasteiger partial charge in [-0.05, 0) is 49.1 Å². The van der Waals surface area contributed by atoms with E-state index in [1.165, 1.54) is 0 Å². The second-order valence-electron chi connectivity index (χ2n) is 7.14. The van der Waals surface area contributed by atoms with Gasteiger partial charge in [-0.25, -0.2) is 0 Å². The van der Waals surface area contributed by atoms with Crippen molar-refractivity contribution in [3.63, 3.8) is 0 Å². The van der Waals surface area contributed by atoms with Crippen molar-refractivity contribution in [1.82, 2.24) is 10.6 Å². The van der Waals surface area contributed by atoms with Crippen LogP contribution in [0.4, 0.5) is 5.69 Å². The van der Waals surface area contributed by atoms with Crippen LogP contribution in [0.5, 0.6) is 5.75 Å². The summed E-state index contributed by atoms with van der Waals surface area (Å²) < 4.78 is 5.81. The Labute approximate surface area is 196 Å². The van der Waals surface area contributed by atoms with E-state index in [0.717, 1.165) is 54.5 Å². The lowest BCUT2D eigenvalue weighted by atomic mass is 10.2. The van der Waals surface area contributed by atoms with Gasteiger partial charge < -0.3 is 20.3 Å². The lowest BCUT2D eigenvalue weighted by molar-refractivity contribution is -0.117. The number of amides is 1. The first-order valence-electron chi connectivity index (χ1n) is 10.2. The smallest absolute Gasteiger partial charge is 0.227 e. The van der Waals surface area contributed by atoms with Crippen LogP contribution in [0.3, 0.4) is 0 Å². The van der Waals surface area contributed by atoms with Crippen LogP contribution in [-0.2, 0) is 11.3 Å². The van der Waals surface area contributed by atoms with Gasteiger partial charge in [0.25, 0.3) is 0 Å². The molecule has 0 saturated carbocycles. The molecular formula is C23H31IN4O2. The van der Waals surface area contributed by atoms with Gasteiger partial charge in [-0.2, -0.15) is 0 Å². The van der Waals surface area contributed by atoms with Gasteiger partial charge in [0.05, 0.1) is 6.61 Å². The molecule has 3 rings (SSSR count). The van der Waals surface area contributed by atoms with Crippen molar-refractivity contribution in [2.24, 2.45) is 4.99 Å². The number of para-hydroxylation sites is 1. The zero-order valence-corrected chi connectivity index (χ0v) is 20.0. The van der Waals surface area contributed by atoms with Gasteiger partial charge in [-0.3, -0.25) is 9.79 Å². The number of aryl methyl sites for hydroxylation is 1. The Bertz CT molecular complexity index is 839. The van der Waals surface area contributed by atoms with Crippen molar-refractivity contribution >= 4 is 41.5 Å². The number of hydrogen-bond acceptors (Lipinski definition) is 3. The number of hydrogen-bond donors (Lipinski definition) is 2. The first-order chi connectivity index (χ1) is 14.2. The van der Waals surface area contributed by atoms with Crippen LogP contribution >= 0.6 is 24.0 Å². The molecule has 1 saturated heterocycles. The summed E-state index contributed by atoms with van der Waals surface area (Å²) in [5.41, 5.74) is 3.27. The van der Waals surface area contributed by atoms with Crippen LogP contribution in [0, 0.1) is 6.92 Å². The number of anilines is 1. The number of nitrogens with one attached hydrogen (secondary N) is 2. The molecule has 0 spiro atoms. The second kappa shape index (κ2) is 12.4. The molecule has 0 atom stereocenters. The highest BCUT2D eigenvalue weighted by Crippen LogP contribution is 2.21. The number of benzene rings is 2. The number of carbonyl (C=O) groups excluding carboxylic acids is 1. The van der Waals surface area contributed by atoms with Crippen molar-refractivity contribution in [2.45, 2.75) is 32.7 Å². The highest BCUT2D eigenvalue weighted by molar-refractivity contribution is 14.0. The molecule has 1 aliphatic heterocycles. The Balaban J connectivity index is 0.00000320. The summed E-state index contributed by atoms with van der Waals surface area (Å²) in [6.45, 7) is 4.98. The fourth-order valence-corrected chi connectivity index (χ4v) is 3.30. The van der Waals surface area contributed by atoms with Gasteiger partial charge in [-0.15, -0.1) is 24.0 Å². The number of ether oxygens (including phenoxy) is 1. The minimum Gasteiger partial charge on any atom is -0.493 e. The fraction of sp³-hybridized carbons (Fsp3) is 0.391. The van der Waals surface area contributed by atoms with Crippen LogP contribution in [0.2, 0.25) is 0 Å². The zero-order chi connectivity index (χ0) is 20.5. The van der Waals surface area contributed by atoms with Crippen LogP contribution in [0.25, 0.3) is 0 Å². The Morgan fingerprint density at radius 3 is 2.57 bits per heavy atom.